The third kappa shape index (κ3) is 2.97. The quantitative estimate of drug-likeness (QED) is 0.898. The van der Waals surface area contributed by atoms with Crippen molar-refractivity contribution in [3.8, 4) is 0 Å². The molecule has 0 amide bonds. The molecule has 100 valence electrons. The van der Waals surface area contributed by atoms with E-state index in [4.69, 9.17) is 23.2 Å². The molecule has 1 heterocycles. The summed E-state index contributed by atoms with van der Waals surface area (Å²) in [5.74, 6) is 0. The minimum Gasteiger partial charge on any atom is -0.315 e. The molecule has 1 unspecified atom stereocenters. The summed E-state index contributed by atoms with van der Waals surface area (Å²) in [5.41, 5.74) is -0.482. The maximum absolute atomic E-state index is 12.3. The Balaban J connectivity index is 2.33. The Labute approximate surface area is 117 Å². The highest BCUT2D eigenvalue weighted by Crippen LogP contribution is 2.26. The molecule has 18 heavy (non-hydrogen) atoms. The lowest BCUT2D eigenvalue weighted by molar-refractivity contribution is 0.452. The summed E-state index contributed by atoms with van der Waals surface area (Å²) in [6.45, 7) is 3.26. The van der Waals surface area contributed by atoms with Gasteiger partial charge >= 0.3 is 0 Å². The summed E-state index contributed by atoms with van der Waals surface area (Å²) >= 11 is 11.7. The second-order valence-corrected chi connectivity index (χ2v) is 7.16. The van der Waals surface area contributed by atoms with Crippen LogP contribution in [-0.4, -0.2) is 27.0 Å². The van der Waals surface area contributed by atoms with Crippen molar-refractivity contribution in [3.05, 3.63) is 28.2 Å². The molecule has 0 bridgehead atoms. The van der Waals surface area contributed by atoms with Gasteiger partial charge in [-0.05, 0) is 38.1 Å². The van der Waals surface area contributed by atoms with Gasteiger partial charge in [-0.2, -0.15) is 0 Å². The van der Waals surface area contributed by atoms with Crippen LogP contribution in [-0.2, 0) is 10.0 Å². The fourth-order valence-electron chi connectivity index (χ4n) is 1.97. The highest BCUT2D eigenvalue weighted by molar-refractivity contribution is 7.89. The van der Waals surface area contributed by atoms with Gasteiger partial charge in [-0.25, -0.2) is 13.1 Å². The van der Waals surface area contributed by atoms with Gasteiger partial charge in [-0.15, -0.1) is 0 Å². The van der Waals surface area contributed by atoms with Crippen LogP contribution in [0.4, 0.5) is 0 Å². The highest BCUT2D eigenvalue weighted by atomic mass is 35.5. The largest absolute Gasteiger partial charge is 0.315 e. The van der Waals surface area contributed by atoms with E-state index in [1.165, 1.54) is 12.1 Å². The van der Waals surface area contributed by atoms with Crippen molar-refractivity contribution in [2.75, 3.05) is 13.1 Å². The van der Waals surface area contributed by atoms with Crippen molar-refractivity contribution in [3.63, 3.8) is 0 Å². The molecule has 1 fully saturated rings. The van der Waals surface area contributed by atoms with Gasteiger partial charge in [0.05, 0.1) is 5.02 Å². The van der Waals surface area contributed by atoms with Crippen molar-refractivity contribution < 1.29 is 8.42 Å². The van der Waals surface area contributed by atoms with Crippen LogP contribution >= 0.6 is 23.2 Å². The Hall–Kier alpha value is -0.330. The van der Waals surface area contributed by atoms with Gasteiger partial charge in [-0.1, -0.05) is 23.2 Å². The smallest absolute Gasteiger partial charge is 0.242 e. The summed E-state index contributed by atoms with van der Waals surface area (Å²) in [5, 5.41) is 3.64. The number of sulfonamides is 1. The lowest BCUT2D eigenvalue weighted by Crippen LogP contribution is -2.47. The van der Waals surface area contributed by atoms with E-state index in [1.807, 2.05) is 6.92 Å². The Morgan fingerprint density at radius 2 is 2.11 bits per heavy atom. The molecule has 1 atom stereocenters. The first-order valence-electron chi connectivity index (χ1n) is 5.52. The van der Waals surface area contributed by atoms with Crippen molar-refractivity contribution >= 4 is 33.2 Å². The molecule has 0 spiro atoms. The van der Waals surface area contributed by atoms with Gasteiger partial charge in [0.15, 0.2) is 0 Å². The number of benzene rings is 1. The monoisotopic (exact) mass is 308 g/mol. The third-order valence-electron chi connectivity index (χ3n) is 2.93. The first kappa shape index (κ1) is 14.1. The lowest BCUT2D eigenvalue weighted by atomic mass is 10.0. The summed E-state index contributed by atoms with van der Waals surface area (Å²) in [6, 6.07) is 4.40. The summed E-state index contributed by atoms with van der Waals surface area (Å²) in [7, 11) is -3.66. The third-order valence-corrected chi connectivity index (χ3v) is 5.29. The van der Waals surface area contributed by atoms with E-state index in [0.717, 1.165) is 13.0 Å². The summed E-state index contributed by atoms with van der Waals surface area (Å²) in [6.07, 6.45) is 0.740. The highest BCUT2D eigenvalue weighted by Gasteiger charge is 2.34. The van der Waals surface area contributed by atoms with Gasteiger partial charge in [0.25, 0.3) is 0 Å². The Morgan fingerprint density at radius 1 is 1.39 bits per heavy atom. The lowest BCUT2D eigenvalue weighted by Gasteiger charge is -2.24. The van der Waals surface area contributed by atoms with Crippen LogP contribution in [0.2, 0.25) is 10.0 Å². The average Bonchev–Trinajstić information content (AvgIpc) is 2.67. The first-order valence-corrected chi connectivity index (χ1v) is 7.76. The Bertz CT molecular complexity index is 554. The SMILES string of the molecule is CC1(NS(=O)(=O)c2cc(Cl)ccc2Cl)CCNC1. The zero-order chi connectivity index (χ0) is 13.4. The second-order valence-electron chi connectivity index (χ2n) is 4.67. The average molecular weight is 309 g/mol. The summed E-state index contributed by atoms with van der Waals surface area (Å²) < 4.78 is 27.3. The van der Waals surface area contributed by atoms with Crippen LogP contribution < -0.4 is 10.0 Å². The van der Waals surface area contributed by atoms with Crippen LogP contribution in [0, 0.1) is 0 Å². The molecule has 0 radical (unpaired) electrons. The number of nitrogens with one attached hydrogen (secondary N) is 2. The number of hydrogen-bond acceptors (Lipinski definition) is 3. The van der Waals surface area contributed by atoms with E-state index in [0.29, 0.717) is 11.6 Å². The molecule has 1 aliphatic rings. The van der Waals surface area contributed by atoms with E-state index in [2.05, 4.69) is 10.0 Å². The normalized spacial score (nSPS) is 24.4. The first-order chi connectivity index (χ1) is 8.32. The van der Waals surface area contributed by atoms with Crippen molar-refractivity contribution in [1.82, 2.24) is 10.0 Å². The molecule has 0 aromatic heterocycles. The van der Waals surface area contributed by atoms with E-state index < -0.39 is 15.6 Å². The van der Waals surface area contributed by atoms with Crippen molar-refractivity contribution in [2.24, 2.45) is 0 Å². The molecule has 1 saturated heterocycles. The van der Waals surface area contributed by atoms with Gasteiger partial charge in [0, 0.05) is 17.1 Å². The zero-order valence-corrected chi connectivity index (χ0v) is 12.2. The van der Waals surface area contributed by atoms with Crippen LogP contribution in [0.5, 0.6) is 0 Å². The maximum Gasteiger partial charge on any atom is 0.242 e. The predicted octanol–water partition coefficient (Wildman–Crippen LogP) is 2.02. The predicted molar refractivity (Wildman–Crippen MR) is 72.7 cm³/mol. The summed E-state index contributed by atoms with van der Waals surface area (Å²) in [4.78, 5) is 0.0183. The molecule has 4 nitrogen and oxygen atoms in total. The number of hydrogen-bond donors (Lipinski definition) is 2. The minimum absolute atomic E-state index is 0.0183. The van der Waals surface area contributed by atoms with E-state index in [1.54, 1.807) is 6.07 Å². The number of halogens is 2. The fraction of sp³-hybridized carbons (Fsp3) is 0.455. The Kier molecular flexibility index (Phi) is 3.90. The Morgan fingerprint density at radius 3 is 2.72 bits per heavy atom. The topological polar surface area (TPSA) is 58.2 Å². The fourth-order valence-corrected chi connectivity index (χ4v) is 4.17. The van der Waals surface area contributed by atoms with Gasteiger partial charge in [-0.3, -0.25) is 0 Å². The standard InChI is InChI=1S/C11H14Cl2N2O2S/c1-11(4-5-14-7-11)15-18(16,17)10-6-8(12)2-3-9(10)13/h2-3,6,14-15H,4-5,7H2,1H3. The van der Waals surface area contributed by atoms with E-state index in [9.17, 15) is 8.42 Å². The van der Waals surface area contributed by atoms with E-state index in [-0.39, 0.29) is 9.92 Å². The van der Waals surface area contributed by atoms with Crippen molar-refractivity contribution in [2.45, 2.75) is 23.8 Å². The molecule has 2 rings (SSSR count). The molecule has 0 aliphatic carbocycles. The van der Waals surface area contributed by atoms with Crippen LogP contribution in [0.3, 0.4) is 0 Å². The molecular formula is C11H14Cl2N2O2S. The number of rotatable bonds is 3. The van der Waals surface area contributed by atoms with Gasteiger partial charge in [0.2, 0.25) is 10.0 Å². The van der Waals surface area contributed by atoms with Crippen molar-refractivity contribution in [1.29, 1.82) is 0 Å². The maximum atomic E-state index is 12.3. The molecule has 1 aromatic carbocycles. The van der Waals surface area contributed by atoms with Crippen LogP contribution in [0.1, 0.15) is 13.3 Å². The van der Waals surface area contributed by atoms with Crippen LogP contribution in [0.25, 0.3) is 0 Å². The van der Waals surface area contributed by atoms with E-state index >= 15 is 0 Å². The molecule has 0 saturated carbocycles. The van der Waals surface area contributed by atoms with Gasteiger partial charge < -0.3 is 5.32 Å². The molecule has 7 heteroatoms. The molecule has 1 aromatic rings. The van der Waals surface area contributed by atoms with Crippen LogP contribution in [0.15, 0.2) is 23.1 Å². The second kappa shape index (κ2) is 4.98. The molecular weight excluding hydrogens is 295 g/mol. The van der Waals surface area contributed by atoms with Gasteiger partial charge in [0.1, 0.15) is 4.90 Å². The molecule has 1 aliphatic heterocycles. The zero-order valence-electron chi connectivity index (χ0n) is 9.83. The molecule has 2 N–H and O–H groups in total. The minimum atomic E-state index is -3.66.